The first-order valence-corrected chi connectivity index (χ1v) is 7.91. The van der Waals surface area contributed by atoms with Crippen LogP contribution in [0.1, 0.15) is 0 Å². The van der Waals surface area contributed by atoms with Crippen molar-refractivity contribution in [2.24, 2.45) is 0 Å². The molecular formula is C18H16FNS. The third kappa shape index (κ3) is 3.56. The van der Waals surface area contributed by atoms with E-state index in [1.54, 1.807) is 23.9 Å². The molecule has 0 unspecified atom stereocenters. The maximum atomic E-state index is 13.4. The molecule has 1 N–H and O–H groups in total. The molecule has 0 aliphatic heterocycles. The van der Waals surface area contributed by atoms with Crippen LogP contribution in [-0.2, 0) is 0 Å². The van der Waals surface area contributed by atoms with Gasteiger partial charge in [-0.25, -0.2) is 4.39 Å². The lowest BCUT2D eigenvalue weighted by atomic mass is 10.1. The number of thioether (sulfide) groups is 1. The maximum Gasteiger partial charge on any atom is 0.146 e. The Hall–Kier alpha value is -2.00. The Morgan fingerprint density at radius 2 is 1.62 bits per heavy atom. The molecule has 3 rings (SSSR count). The SMILES string of the molecule is Fc1ccccc1NCCSc1ccc2ccccc2c1. The number of fused-ring (bicyclic) bond motifs is 1. The predicted octanol–water partition coefficient (Wildman–Crippen LogP) is 5.18. The van der Waals surface area contributed by atoms with Gasteiger partial charge in [-0.2, -0.15) is 0 Å². The Kier molecular flexibility index (Phi) is 4.41. The fraction of sp³-hybridized carbons (Fsp3) is 0.111. The molecule has 0 spiro atoms. The summed E-state index contributed by atoms with van der Waals surface area (Å²) in [6.45, 7) is 0.735. The highest BCUT2D eigenvalue weighted by atomic mass is 32.2. The fourth-order valence-corrected chi connectivity index (χ4v) is 3.03. The third-order valence-electron chi connectivity index (χ3n) is 3.28. The van der Waals surface area contributed by atoms with E-state index in [0.717, 1.165) is 12.3 Å². The van der Waals surface area contributed by atoms with Gasteiger partial charge in [-0.15, -0.1) is 11.8 Å². The van der Waals surface area contributed by atoms with Crippen LogP contribution >= 0.6 is 11.8 Å². The molecule has 0 saturated heterocycles. The molecule has 0 aliphatic carbocycles. The van der Waals surface area contributed by atoms with Gasteiger partial charge < -0.3 is 5.32 Å². The van der Waals surface area contributed by atoms with Crippen LogP contribution in [0.5, 0.6) is 0 Å². The second-order valence-corrected chi connectivity index (χ2v) is 5.93. The number of anilines is 1. The highest BCUT2D eigenvalue weighted by Gasteiger charge is 2.00. The van der Waals surface area contributed by atoms with Crippen LogP contribution in [0.2, 0.25) is 0 Å². The molecule has 0 aromatic heterocycles. The molecule has 3 heteroatoms. The summed E-state index contributed by atoms with van der Waals surface area (Å²) in [6, 6.07) is 21.6. The zero-order valence-corrected chi connectivity index (χ0v) is 12.4. The van der Waals surface area contributed by atoms with Gasteiger partial charge >= 0.3 is 0 Å². The van der Waals surface area contributed by atoms with Crippen molar-refractivity contribution in [1.82, 2.24) is 0 Å². The molecule has 0 bridgehead atoms. The maximum absolute atomic E-state index is 13.4. The summed E-state index contributed by atoms with van der Waals surface area (Å²) in [5, 5.41) is 5.63. The van der Waals surface area contributed by atoms with Crippen molar-refractivity contribution in [3.8, 4) is 0 Å². The van der Waals surface area contributed by atoms with Crippen molar-refractivity contribution in [1.29, 1.82) is 0 Å². The van der Waals surface area contributed by atoms with Gasteiger partial charge in [0.15, 0.2) is 0 Å². The topological polar surface area (TPSA) is 12.0 Å². The summed E-state index contributed by atoms with van der Waals surface area (Å²) >= 11 is 1.78. The van der Waals surface area contributed by atoms with Gasteiger partial charge in [0.2, 0.25) is 0 Å². The van der Waals surface area contributed by atoms with Crippen molar-refractivity contribution in [2.75, 3.05) is 17.6 Å². The summed E-state index contributed by atoms with van der Waals surface area (Å²) < 4.78 is 13.4. The Labute approximate surface area is 128 Å². The van der Waals surface area contributed by atoms with Crippen molar-refractivity contribution in [3.63, 3.8) is 0 Å². The molecule has 0 heterocycles. The molecule has 3 aromatic rings. The molecule has 106 valence electrons. The van der Waals surface area contributed by atoms with Gasteiger partial charge in [0.1, 0.15) is 5.82 Å². The second kappa shape index (κ2) is 6.64. The van der Waals surface area contributed by atoms with Crippen LogP contribution in [0.4, 0.5) is 10.1 Å². The lowest BCUT2D eigenvalue weighted by Gasteiger charge is -2.07. The number of rotatable bonds is 5. The molecule has 0 fully saturated rings. The molecular weight excluding hydrogens is 281 g/mol. The molecule has 0 amide bonds. The largest absolute Gasteiger partial charge is 0.382 e. The number of halogens is 1. The van der Waals surface area contributed by atoms with Crippen LogP contribution in [0.3, 0.4) is 0 Å². The second-order valence-electron chi connectivity index (χ2n) is 4.76. The minimum absolute atomic E-state index is 0.201. The van der Waals surface area contributed by atoms with E-state index in [0.29, 0.717) is 5.69 Å². The molecule has 3 aromatic carbocycles. The van der Waals surface area contributed by atoms with Crippen molar-refractivity contribution in [2.45, 2.75) is 4.90 Å². The molecule has 0 aliphatic rings. The minimum Gasteiger partial charge on any atom is -0.382 e. The van der Waals surface area contributed by atoms with Crippen LogP contribution in [0.25, 0.3) is 10.8 Å². The van der Waals surface area contributed by atoms with E-state index < -0.39 is 0 Å². The zero-order valence-electron chi connectivity index (χ0n) is 11.6. The Morgan fingerprint density at radius 1 is 0.857 bits per heavy atom. The quantitative estimate of drug-likeness (QED) is 0.514. The van der Waals surface area contributed by atoms with Gasteiger partial charge in [0.05, 0.1) is 5.69 Å². The fourth-order valence-electron chi connectivity index (χ4n) is 2.22. The summed E-state index contributed by atoms with van der Waals surface area (Å²) in [4.78, 5) is 1.24. The molecule has 0 saturated carbocycles. The molecule has 0 radical (unpaired) electrons. The first kappa shape index (κ1) is 14.0. The lowest BCUT2D eigenvalue weighted by Crippen LogP contribution is -2.05. The predicted molar refractivity (Wildman–Crippen MR) is 89.6 cm³/mol. The Bertz CT molecular complexity index is 742. The number of hydrogen-bond donors (Lipinski definition) is 1. The molecule has 21 heavy (non-hydrogen) atoms. The first-order chi connectivity index (χ1) is 10.3. The van der Waals surface area contributed by atoms with Gasteiger partial charge in [0, 0.05) is 17.2 Å². The molecule has 0 atom stereocenters. The van der Waals surface area contributed by atoms with E-state index in [2.05, 4.69) is 41.7 Å². The summed E-state index contributed by atoms with van der Waals surface area (Å²) in [6.07, 6.45) is 0. The van der Waals surface area contributed by atoms with Crippen LogP contribution in [0, 0.1) is 5.82 Å². The number of nitrogens with one attached hydrogen (secondary N) is 1. The third-order valence-corrected chi connectivity index (χ3v) is 4.28. The summed E-state index contributed by atoms with van der Waals surface area (Å²) in [5.74, 6) is 0.695. The number of para-hydroxylation sites is 1. The standard InChI is InChI=1S/C18H16FNS/c19-17-7-3-4-8-18(17)20-11-12-21-16-10-9-14-5-1-2-6-15(14)13-16/h1-10,13,20H,11-12H2. The van der Waals surface area contributed by atoms with Crippen LogP contribution < -0.4 is 5.32 Å². The van der Waals surface area contributed by atoms with Crippen LogP contribution in [-0.4, -0.2) is 12.3 Å². The van der Waals surface area contributed by atoms with Crippen LogP contribution in [0.15, 0.2) is 71.6 Å². The van der Waals surface area contributed by atoms with Gasteiger partial charge in [-0.1, -0.05) is 42.5 Å². The van der Waals surface area contributed by atoms with E-state index in [9.17, 15) is 4.39 Å². The normalized spacial score (nSPS) is 10.7. The lowest BCUT2D eigenvalue weighted by molar-refractivity contribution is 0.630. The average Bonchev–Trinajstić information content (AvgIpc) is 2.53. The Balaban J connectivity index is 1.56. The van der Waals surface area contributed by atoms with E-state index >= 15 is 0 Å². The van der Waals surface area contributed by atoms with Gasteiger partial charge in [0.25, 0.3) is 0 Å². The van der Waals surface area contributed by atoms with Crippen molar-refractivity contribution < 1.29 is 4.39 Å². The minimum atomic E-state index is -0.201. The van der Waals surface area contributed by atoms with E-state index in [-0.39, 0.29) is 5.82 Å². The van der Waals surface area contributed by atoms with Crippen molar-refractivity contribution in [3.05, 3.63) is 72.5 Å². The van der Waals surface area contributed by atoms with E-state index in [4.69, 9.17) is 0 Å². The smallest absolute Gasteiger partial charge is 0.146 e. The van der Waals surface area contributed by atoms with E-state index in [1.807, 2.05) is 12.1 Å². The average molecular weight is 297 g/mol. The number of benzene rings is 3. The Morgan fingerprint density at radius 3 is 2.48 bits per heavy atom. The van der Waals surface area contributed by atoms with E-state index in [1.165, 1.54) is 21.7 Å². The van der Waals surface area contributed by atoms with Crippen molar-refractivity contribution >= 4 is 28.2 Å². The first-order valence-electron chi connectivity index (χ1n) is 6.93. The number of hydrogen-bond acceptors (Lipinski definition) is 2. The summed E-state index contributed by atoms with van der Waals surface area (Å²) in [5.41, 5.74) is 0.566. The highest BCUT2D eigenvalue weighted by molar-refractivity contribution is 7.99. The van der Waals surface area contributed by atoms with Gasteiger partial charge in [-0.05, 0) is 35.0 Å². The summed E-state index contributed by atoms with van der Waals surface area (Å²) in [7, 11) is 0. The monoisotopic (exact) mass is 297 g/mol. The van der Waals surface area contributed by atoms with Gasteiger partial charge in [-0.3, -0.25) is 0 Å². The highest BCUT2D eigenvalue weighted by Crippen LogP contribution is 2.23. The zero-order chi connectivity index (χ0) is 14.5. The molecule has 1 nitrogen and oxygen atoms in total.